The largest absolute Gasteiger partial charge is 0.492 e. The topological polar surface area (TPSA) is 27.7 Å². The van der Waals surface area contributed by atoms with Crippen molar-refractivity contribution in [3.05, 3.63) is 29.8 Å². The molecule has 0 amide bonds. The maximum atomic E-state index is 5.87. The van der Waals surface area contributed by atoms with Gasteiger partial charge in [0.2, 0.25) is 0 Å². The second kappa shape index (κ2) is 8.25. The van der Waals surface area contributed by atoms with Gasteiger partial charge in [-0.3, -0.25) is 4.90 Å². The van der Waals surface area contributed by atoms with Crippen molar-refractivity contribution in [3.63, 3.8) is 0 Å². The van der Waals surface area contributed by atoms with E-state index in [1.165, 1.54) is 5.56 Å². The summed E-state index contributed by atoms with van der Waals surface area (Å²) in [5.74, 6) is 0.981. The Kier molecular flexibility index (Phi) is 6.30. The third-order valence-electron chi connectivity index (χ3n) is 3.75. The number of piperazine rings is 1. The van der Waals surface area contributed by atoms with Gasteiger partial charge in [0.15, 0.2) is 0 Å². The van der Waals surface area contributed by atoms with Crippen LogP contribution in [-0.2, 0) is 6.54 Å². The fourth-order valence-electron chi connectivity index (χ4n) is 2.38. The molecule has 1 heterocycles. The van der Waals surface area contributed by atoms with Gasteiger partial charge in [-0.25, -0.2) is 0 Å². The fraction of sp³-hybridized carbons (Fsp3) is 0.625. The van der Waals surface area contributed by atoms with Crippen LogP contribution < -0.4 is 10.1 Å². The molecule has 0 unspecified atom stereocenters. The quantitative estimate of drug-likeness (QED) is 0.816. The summed E-state index contributed by atoms with van der Waals surface area (Å²) in [7, 11) is 2.18. The van der Waals surface area contributed by atoms with Crippen LogP contribution in [0.5, 0.6) is 5.75 Å². The highest BCUT2D eigenvalue weighted by Crippen LogP contribution is 2.13. The maximum Gasteiger partial charge on any atom is 0.119 e. The van der Waals surface area contributed by atoms with Crippen LogP contribution in [0.4, 0.5) is 0 Å². The van der Waals surface area contributed by atoms with Gasteiger partial charge in [0, 0.05) is 39.3 Å². The Morgan fingerprint density at radius 1 is 1.20 bits per heavy atom. The first-order valence-corrected chi connectivity index (χ1v) is 7.61. The number of rotatable bonds is 7. The molecule has 1 N–H and O–H groups in total. The summed E-state index contributed by atoms with van der Waals surface area (Å²) in [6, 6.07) is 8.37. The second-order valence-corrected chi connectivity index (χ2v) is 5.42. The molecule has 2 rings (SSSR count). The first-order chi connectivity index (χ1) is 9.78. The predicted molar refractivity (Wildman–Crippen MR) is 83.3 cm³/mol. The molecule has 1 aromatic carbocycles. The summed E-state index contributed by atoms with van der Waals surface area (Å²) in [5, 5.41) is 3.34. The molecular formula is C16H27N3O. The van der Waals surface area contributed by atoms with Crippen molar-refractivity contribution in [1.82, 2.24) is 15.1 Å². The molecule has 0 saturated carbocycles. The minimum absolute atomic E-state index is 0.772. The molecule has 4 nitrogen and oxygen atoms in total. The third kappa shape index (κ3) is 5.12. The lowest BCUT2D eigenvalue weighted by Crippen LogP contribution is -2.45. The minimum Gasteiger partial charge on any atom is -0.492 e. The van der Waals surface area contributed by atoms with Gasteiger partial charge < -0.3 is 15.0 Å². The van der Waals surface area contributed by atoms with Crippen LogP contribution in [0.25, 0.3) is 0 Å². The van der Waals surface area contributed by atoms with Gasteiger partial charge in [0.25, 0.3) is 0 Å². The maximum absolute atomic E-state index is 5.87. The molecule has 0 bridgehead atoms. The number of benzene rings is 1. The van der Waals surface area contributed by atoms with E-state index in [0.717, 1.165) is 58.2 Å². The van der Waals surface area contributed by atoms with E-state index < -0.39 is 0 Å². The van der Waals surface area contributed by atoms with E-state index >= 15 is 0 Å². The molecule has 112 valence electrons. The lowest BCUT2D eigenvalue weighted by atomic mass is 10.2. The van der Waals surface area contributed by atoms with E-state index in [4.69, 9.17) is 4.74 Å². The molecule has 0 aromatic heterocycles. The summed E-state index contributed by atoms with van der Waals surface area (Å²) in [4.78, 5) is 4.85. The zero-order chi connectivity index (χ0) is 14.2. The molecule has 0 aliphatic carbocycles. The summed E-state index contributed by atoms with van der Waals surface area (Å²) in [6.45, 7) is 10.5. The van der Waals surface area contributed by atoms with E-state index in [0.29, 0.717) is 0 Å². The smallest absolute Gasteiger partial charge is 0.119 e. The Bertz CT molecular complexity index is 389. The molecule has 0 spiro atoms. The highest BCUT2D eigenvalue weighted by Gasteiger charge is 2.13. The minimum atomic E-state index is 0.772. The highest BCUT2D eigenvalue weighted by atomic mass is 16.5. The van der Waals surface area contributed by atoms with Crippen LogP contribution in [0.1, 0.15) is 12.5 Å². The van der Waals surface area contributed by atoms with Crippen LogP contribution in [0.3, 0.4) is 0 Å². The second-order valence-electron chi connectivity index (χ2n) is 5.42. The van der Waals surface area contributed by atoms with E-state index in [1.54, 1.807) is 0 Å². The van der Waals surface area contributed by atoms with Crippen LogP contribution in [0.15, 0.2) is 24.3 Å². The molecule has 4 heteroatoms. The highest BCUT2D eigenvalue weighted by molar-refractivity contribution is 5.28. The Hall–Kier alpha value is -1.10. The van der Waals surface area contributed by atoms with Crippen molar-refractivity contribution in [2.24, 2.45) is 0 Å². The van der Waals surface area contributed by atoms with E-state index in [9.17, 15) is 0 Å². The number of ether oxygens (including phenoxy) is 1. The fourth-order valence-corrected chi connectivity index (χ4v) is 2.38. The van der Waals surface area contributed by atoms with Crippen molar-refractivity contribution < 1.29 is 4.74 Å². The summed E-state index contributed by atoms with van der Waals surface area (Å²) < 4.78 is 5.87. The normalized spacial score (nSPS) is 17.3. The molecule has 0 atom stereocenters. The van der Waals surface area contributed by atoms with Gasteiger partial charge in [-0.1, -0.05) is 19.1 Å². The van der Waals surface area contributed by atoms with Gasteiger partial charge in [-0.2, -0.15) is 0 Å². The number of likely N-dealkylation sites (N-methyl/N-ethyl adjacent to an activating group) is 1. The molecule has 0 radical (unpaired) electrons. The van der Waals surface area contributed by atoms with Gasteiger partial charge in [0.05, 0.1) is 0 Å². The molecule has 1 aliphatic rings. The summed E-state index contributed by atoms with van der Waals surface area (Å²) in [5.41, 5.74) is 1.28. The summed E-state index contributed by atoms with van der Waals surface area (Å²) in [6.07, 6.45) is 0. The third-order valence-corrected chi connectivity index (χ3v) is 3.75. The van der Waals surface area contributed by atoms with Crippen molar-refractivity contribution in [2.75, 3.05) is 52.9 Å². The van der Waals surface area contributed by atoms with Gasteiger partial charge in [-0.05, 0) is 31.3 Å². The SMILES string of the molecule is CCNCc1cccc(OCCN2CCN(C)CC2)c1. The van der Waals surface area contributed by atoms with Gasteiger partial charge >= 0.3 is 0 Å². The molecule has 1 saturated heterocycles. The van der Waals surface area contributed by atoms with Crippen molar-refractivity contribution in [2.45, 2.75) is 13.5 Å². The first-order valence-electron chi connectivity index (χ1n) is 7.61. The number of hydrogen-bond acceptors (Lipinski definition) is 4. The van der Waals surface area contributed by atoms with E-state index in [2.05, 4.69) is 47.3 Å². The molecule has 1 fully saturated rings. The number of nitrogens with zero attached hydrogens (tertiary/aromatic N) is 2. The Morgan fingerprint density at radius 2 is 2.00 bits per heavy atom. The molecule has 1 aliphatic heterocycles. The predicted octanol–water partition coefficient (Wildman–Crippen LogP) is 1.42. The zero-order valence-electron chi connectivity index (χ0n) is 12.8. The van der Waals surface area contributed by atoms with Crippen molar-refractivity contribution in [1.29, 1.82) is 0 Å². The van der Waals surface area contributed by atoms with Crippen molar-refractivity contribution >= 4 is 0 Å². The van der Waals surface area contributed by atoms with Crippen molar-refractivity contribution in [3.8, 4) is 5.75 Å². The zero-order valence-corrected chi connectivity index (χ0v) is 12.8. The van der Waals surface area contributed by atoms with Crippen LogP contribution in [0, 0.1) is 0 Å². The lowest BCUT2D eigenvalue weighted by Gasteiger charge is -2.32. The monoisotopic (exact) mass is 277 g/mol. The van der Waals surface area contributed by atoms with Crippen LogP contribution in [0.2, 0.25) is 0 Å². The Balaban J connectivity index is 1.70. The molecule has 1 aromatic rings. The lowest BCUT2D eigenvalue weighted by molar-refractivity contribution is 0.133. The average molecular weight is 277 g/mol. The first kappa shape index (κ1) is 15.3. The van der Waals surface area contributed by atoms with Gasteiger partial charge in [-0.15, -0.1) is 0 Å². The molecule has 20 heavy (non-hydrogen) atoms. The number of hydrogen-bond donors (Lipinski definition) is 1. The standard InChI is InChI=1S/C16H27N3O/c1-3-17-14-15-5-4-6-16(13-15)20-12-11-19-9-7-18(2)8-10-19/h4-6,13,17H,3,7-12,14H2,1-2H3. The summed E-state index contributed by atoms with van der Waals surface area (Å²) >= 11 is 0. The number of nitrogens with one attached hydrogen (secondary N) is 1. The average Bonchev–Trinajstić information content (AvgIpc) is 2.48. The molecular weight excluding hydrogens is 250 g/mol. The Morgan fingerprint density at radius 3 is 2.75 bits per heavy atom. The van der Waals surface area contributed by atoms with Gasteiger partial charge in [0.1, 0.15) is 12.4 Å². The van der Waals surface area contributed by atoms with E-state index in [-0.39, 0.29) is 0 Å². The van der Waals surface area contributed by atoms with Crippen LogP contribution in [-0.4, -0.2) is 62.7 Å². The van der Waals surface area contributed by atoms with E-state index in [1.807, 2.05) is 6.07 Å². The Labute approximate surface area is 122 Å². The van der Waals surface area contributed by atoms with Crippen LogP contribution >= 0.6 is 0 Å².